The minimum absolute atomic E-state index is 0.327. The number of nitrogens with zero attached hydrogens (tertiary/aromatic N) is 2. The number of fused-ring (bicyclic) bond motifs is 5. The normalized spacial score (nSPS) is 22.1. The fourth-order valence-electron chi connectivity index (χ4n) is 6.54. The van der Waals surface area contributed by atoms with Gasteiger partial charge >= 0.3 is 5.97 Å². The van der Waals surface area contributed by atoms with Gasteiger partial charge in [-0.3, -0.25) is 9.59 Å². The van der Waals surface area contributed by atoms with Crippen molar-refractivity contribution in [2.75, 3.05) is 16.9 Å². The van der Waals surface area contributed by atoms with Crippen LogP contribution in [0.3, 0.4) is 0 Å². The highest BCUT2D eigenvalue weighted by Crippen LogP contribution is 2.50. The van der Waals surface area contributed by atoms with Crippen molar-refractivity contribution in [2.24, 2.45) is 11.8 Å². The van der Waals surface area contributed by atoms with Crippen molar-refractivity contribution in [3.63, 3.8) is 0 Å². The third kappa shape index (κ3) is 4.08. The lowest BCUT2D eigenvalue weighted by molar-refractivity contribution is -0.151. The van der Waals surface area contributed by atoms with E-state index in [4.69, 9.17) is 9.47 Å². The first kappa shape index (κ1) is 25.8. The molecule has 7 rings (SSSR count). The number of anilines is 2. The molecule has 4 aromatic rings. The van der Waals surface area contributed by atoms with Gasteiger partial charge in [-0.05, 0) is 47.0 Å². The number of hydrogen-bond donors (Lipinski definition) is 0. The molecule has 0 aromatic heterocycles. The van der Waals surface area contributed by atoms with Crippen LogP contribution in [0.5, 0.6) is 5.75 Å². The molecule has 2 amide bonds. The molecule has 7 heteroatoms. The number of hydrogen-bond acceptors (Lipinski definition) is 6. The molecule has 2 fully saturated rings. The zero-order chi connectivity index (χ0) is 28.8. The van der Waals surface area contributed by atoms with Gasteiger partial charge in [-0.2, -0.15) is 0 Å². The molecule has 0 bridgehead atoms. The first-order chi connectivity index (χ1) is 20.6. The number of ether oxygens (including phenoxy) is 2. The maximum absolute atomic E-state index is 14.4. The molecule has 0 radical (unpaired) electrons. The van der Waals surface area contributed by atoms with E-state index in [2.05, 4.69) is 0 Å². The Morgan fingerprint density at radius 3 is 1.98 bits per heavy atom. The van der Waals surface area contributed by atoms with Gasteiger partial charge in [0.05, 0.1) is 30.7 Å². The van der Waals surface area contributed by atoms with Gasteiger partial charge in [0.1, 0.15) is 11.8 Å². The molecule has 0 spiro atoms. The van der Waals surface area contributed by atoms with E-state index in [9.17, 15) is 14.4 Å². The summed E-state index contributed by atoms with van der Waals surface area (Å²) in [7, 11) is 1.56. The van der Waals surface area contributed by atoms with Crippen LogP contribution in [0.25, 0.3) is 6.08 Å². The van der Waals surface area contributed by atoms with Gasteiger partial charge in [-0.25, -0.2) is 9.69 Å². The summed E-state index contributed by atoms with van der Waals surface area (Å²) in [6.07, 6.45) is 3.21. The van der Waals surface area contributed by atoms with Crippen LogP contribution in [0, 0.1) is 11.8 Å². The number of rotatable bonds is 6. The molecule has 3 heterocycles. The van der Waals surface area contributed by atoms with Crippen LogP contribution < -0.4 is 14.5 Å². The van der Waals surface area contributed by atoms with Gasteiger partial charge in [0.25, 0.3) is 0 Å². The molecule has 4 aromatic carbocycles. The number of methoxy groups -OCH3 is 1. The second-order valence-corrected chi connectivity index (χ2v) is 10.7. The predicted molar refractivity (Wildman–Crippen MR) is 159 cm³/mol. The van der Waals surface area contributed by atoms with Gasteiger partial charge in [0, 0.05) is 5.69 Å². The molecular formula is C35H28N2O5. The van der Waals surface area contributed by atoms with Crippen LogP contribution >= 0.6 is 0 Å². The average molecular weight is 557 g/mol. The molecule has 0 aliphatic carbocycles. The van der Waals surface area contributed by atoms with Crippen LogP contribution in [0.1, 0.15) is 22.8 Å². The van der Waals surface area contributed by atoms with Crippen molar-refractivity contribution in [3.05, 3.63) is 132 Å². The largest absolute Gasteiger partial charge is 0.497 e. The molecule has 42 heavy (non-hydrogen) atoms. The van der Waals surface area contributed by atoms with Crippen molar-refractivity contribution in [1.29, 1.82) is 0 Å². The fraction of sp³-hybridized carbons (Fsp3) is 0.171. The van der Waals surface area contributed by atoms with Gasteiger partial charge in [0.2, 0.25) is 11.8 Å². The van der Waals surface area contributed by atoms with E-state index in [1.165, 1.54) is 4.90 Å². The molecule has 208 valence electrons. The molecule has 7 nitrogen and oxygen atoms in total. The summed E-state index contributed by atoms with van der Waals surface area (Å²) in [5.74, 6) is -2.33. The number of amides is 2. The van der Waals surface area contributed by atoms with Crippen LogP contribution in [0.15, 0.2) is 115 Å². The lowest BCUT2D eigenvalue weighted by Crippen LogP contribution is -2.49. The standard InChI is InChI=1S/C35H28N2O5/c1-41-26-19-17-25(18-20-26)36-33(38)29-28-21-16-22-10-8-9-15-27(22)37(28)31(30(29)34(36)39)35(40)42-32(23-11-4-2-5-12-23)24-13-6-3-7-14-24/h2-21,28-32H,1H3/t28-,29+,30+,31-/m1/s1. The summed E-state index contributed by atoms with van der Waals surface area (Å²) in [6, 6.07) is 32.1. The topological polar surface area (TPSA) is 76.1 Å². The van der Waals surface area contributed by atoms with E-state index < -0.39 is 41.9 Å². The summed E-state index contributed by atoms with van der Waals surface area (Å²) in [5.41, 5.74) is 3.80. The average Bonchev–Trinajstić information content (AvgIpc) is 3.53. The molecule has 4 atom stereocenters. The lowest BCUT2D eigenvalue weighted by atomic mass is 9.88. The second kappa shape index (κ2) is 10.3. The maximum atomic E-state index is 14.4. The van der Waals surface area contributed by atoms with Crippen LogP contribution in [0.2, 0.25) is 0 Å². The lowest BCUT2D eigenvalue weighted by Gasteiger charge is -2.36. The Balaban J connectivity index is 1.31. The van der Waals surface area contributed by atoms with Gasteiger partial charge < -0.3 is 14.4 Å². The minimum Gasteiger partial charge on any atom is -0.497 e. The summed E-state index contributed by atoms with van der Waals surface area (Å²) in [5, 5.41) is 0. The van der Waals surface area contributed by atoms with Gasteiger partial charge in [0.15, 0.2) is 6.10 Å². The predicted octanol–water partition coefficient (Wildman–Crippen LogP) is 5.42. The van der Waals surface area contributed by atoms with E-state index in [1.807, 2.05) is 102 Å². The number of benzene rings is 4. The summed E-state index contributed by atoms with van der Waals surface area (Å²) < 4.78 is 11.6. The Kier molecular flexibility index (Phi) is 6.35. The third-order valence-electron chi connectivity index (χ3n) is 8.43. The van der Waals surface area contributed by atoms with E-state index in [0.29, 0.717) is 11.4 Å². The highest BCUT2D eigenvalue weighted by Gasteiger charge is 2.65. The third-order valence-corrected chi connectivity index (χ3v) is 8.43. The monoisotopic (exact) mass is 556 g/mol. The number of carbonyl (C=O) groups excluding carboxylic acids is 3. The maximum Gasteiger partial charge on any atom is 0.330 e. The van der Waals surface area contributed by atoms with Crippen LogP contribution in [-0.2, 0) is 19.1 Å². The van der Waals surface area contributed by atoms with Crippen molar-refractivity contribution in [3.8, 4) is 5.75 Å². The Morgan fingerprint density at radius 1 is 0.738 bits per heavy atom. The molecule has 3 aliphatic rings. The van der Waals surface area contributed by atoms with E-state index in [1.54, 1.807) is 31.4 Å². The molecule has 2 saturated heterocycles. The van der Waals surface area contributed by atoms with Crippen LogP contribution in [0.4, 0.5) is 11.4 Å². The number of esters is 1. The molecular weight excluding hydrogens is 528 g/mol. The van der Waals surface area contributed by atoms with Crippen molar-refractivity contribution >= 4 is 35.2 Å². The smallest absolute Gasteiger partial charge is 0.330 e. The molecule has 3 aliphatic heterocycles. The Labute approximate surface area is 243 Å². The summed E-state index contributed by atoms with van der Waals surface area (Å²) >= 11 is 0. The van der Waals surface area contributed by atoms with E-state index in [0.717, 1.165) is 22.4 Å². The SMILES string of the molecule is COc1ccc(N2C(=O)[C@@H]3[C@H](C2=O)[C@H](C(=O)OC(c2ccccc2)c2ccccc2)N2c4ccccc4C=C[C@H]32)cc1. The summed E-state index contributed by atoms with van der Waals surface area (Å²) in [4.78, 5) is 45.7. The molecule has 0 saturated carbocycles. The summed E-state index contributed by atoms with van der Waals surface area (Å²) in [6.45, 7) is 0. The van der Waals surface area contributed by atoms with E-state index >= 15 is 0 Å². The van der Waals surface area contributed by atoms with Gasteiger partial charge in [-0.15, -0.1) is 0 Å². The molecule has 0 unspecified atom stereocenters. The Bertz CT molecular complexity index is 1650. The van der Waals surface area contributed by atoms with Gasteiger partial charge in [-0.1, -0.05) is 91.0 Å². The Morgan fingerprint density at radius 2 is 1.33 bits per heavy atom. The van der Waals surface area contributed by atoms with Crippen molar-refractivity contribution in [1.82, 2.24) is 0 Å². The zero-order valence-electron chi connectivity index (χ0n) is 22.9. The first-order valence-electron chi connectivity index (χ1n) is 13.9. The highest BCUT2D eigenvalue weighted by atomic mass is 16.5. The number of carbonyl (C=O) groups is 3. The zero-order valence-corrected chi connectivity index (χ0v) is 22.9. The van der Waals surface area contributed by atoms with Crippen LogP contribution in [-0.4, -0.2) is 37.0 Å². The quantitative estimate of drug-likeness (QED) is 0.233. The molecule has 0 N–H and O–H groups in total. The number of para-hydroxylation sites is 1. The highest BCUT2D eigenvalue weighted by molar-refractivity contribution is 6.24. The van der Waals surface area contributed by atoms with E-state index in [-0.39, 0.29) is 5.91 Å². The fourth-order valence-corrected chi connectivity index (χ4v) is 6.54. The second-order valence-electron chi connectivity index (χ2n) is 10.7. The van der Waals surface area contributed by atoms with Crippen molar-refractivity contribution in [2.45, 2.75) is 18.2 Å². The first-order valence-corrected chi connectivity index (χ1v) is 13.9. The minimum atomic E-state index is -0.999. The van der Waals surface area contributed by atoms with Crippen molar-refractivity contribution < 1.29 is 23.9 Å². The number of imide groups is 1. The Hall–Kier alpha value is -5.17.